The minimum Gasteiger partial charge on any atom is -0.497 e. The SMILES string of the molecule is CCCc1c(N=Nc2cc(C)c(N=Nc3cc(Nc4nc(Nc5cccc6cc(S(=O)(=O)O)cc(S(=O)(=O)O)c56)nc(SCCCS(=O)(=O)O)n4)c(N=Nc4cc(C)c(N=Nc5ccc([N+](=O)[O-])cc5S(=O)(=O)O)cc4SCCCS(=O)(=O)O)cc3SCCCS(=O)(=O)O)cc2OCCCS(=O)(=O)O)c(O)n2c(nc3cc(OC)ccc32)c1C#N.O=S(=O)=O.O=S(=O)=O. The molecule has 0 aliphatic rings. The molecule has 10 aromatic rings. The summed E-state index contributed by atoms with van der Waals surface area (Å²) in [6, 6.07) is 22.7. The van der Waals surface area contributed by atoms with Gasteiger partial charge in [0.2, 0.25) is 17.8 Å². The number of anilines is 4. The van der Waals surface area contributed by atoms with Crippen molar-refractivity contribution in [2.75, 3.05) is 64.6 Å². The summed E-state index contributed by atoms with van der Waals surface area (Å²) in [5.74, 6) is -4.34. The van der Waals surface area contributed by atoms with Gasteiger partial charge in [-0.3, -0.25) is 46.4 Å². The molecule has 0 fully saturated rings. The molecule has 3 aromatic heterocycles. The van der Waals surface area contributed by atoms with Crippen LogP contribution in [0.1, 0.15) is 61.3 Å². The topological polar surface area (TPSA) is 768 Å². The Balaban J connectivity index is 0.00000243. The number of nitro groups is 1. The van der Waals surface area contributed by atoms with Crippen LogP contribution in [0.2, 0.25) is 0 Å². The lowest BCUT2D eigenvalue weighted by atomic mass is 10.0. The Hall–Kier alpha value is -11.3. The van der Waals surface area contributed by atoms with Gasteiger partial charge in [-0.05, 0) is 141 Å². The second-order valence-electron chi connectivity index (χ2n) is 25.9. The van der Waals surface area contributed by atoms with Gasteiger partial charge in [-0.15, -0.1) is 79.5 Å². The fourth-order valence-electron chi connectivity index (χ4n) is 11.2. The first-order chi connectivity index (χ1) is 59.7. The van der Waals surface area contributed by atoms with Crippen LogP contribution >= 0.6 is 35.3 Å². The number of rotatable bonds is 39. The van der Waals surface area contributed by atoms with E-state index in [2.05, 4.69) is 77.6 Å². The van der Waals surface area contributed by atoms with Crippen molar-refractivity contribution in [1.82, 2.24) is 24.3 Å². The lowest BCUT2D eigenvalue weighted by molar-refractivity contribution is -0.385. The lowest BCUT2D eigenvalue weighted by Crippen LogP contribution is -2.08. The average molecular weight is 2010 g/mol. The van der Waals surface area contributed by atoms with Crippen molar-refractivity contribution in [3.63, 3.8) is 0 Å². The largest absolute Gasteiger partial charge is 0.497 e. The molecule has 0 aliphatic carbocycles. The predicted octanol–water partition coefficient (Wildman–Crippen LogP) is 12.5. The van der Waals surface area contributed by atoms with Gasteiger partial charge in [0.05, 0.1) is 86.0 Å². The second-order valence-corrected chi connectivity index (χ2v) is 40.5. The van der Waals surface area contributed by atoms with E-state index < -0.39 is 170 Å². The van der Waals surface area contributed by atoms with Gasteiger partial charge in [0.25, 0.3) is 76.5 Å². The zero-order valence-electron chi connectivity index (χ0n) is 65.7. The standard InChI is InChI=1S/C67H67N17O26S10.2O3S/c1-5-11-43-44(36-68)63-69-51-30-41(109-4)15-17-55(51)83(63)64(85)62(43)82-79-52-26-37(2)47(33-56(52)110-18-7-22-114(88,89)90)76-81-54-32-49(71-66-72-65(73-67(74-66)113-21-10-25-117(97,98)99)70-46-13-6-12-39-28-42(118(100,101)102)31-60(61(39)46)120(106,107)108)50(35-58(54)112-20-9-24-116(94,95)96)78-80-53-27-38(3)48(34-57(53)111-19-8-23-115(91,92)93)77-75-45-16-14-40(84(86)87)29-59(45)119(103,104)105;2*1-4(2)3/h6,12-17,26-35,85H,5,7-11,18-25H2,1-4H3,(H,88,89,90)(H,91,92,93)(H,94,95,96)(H,97,98,99)(H,100,101,102)(H,103,104,105)(H,106,107,108)(H2,70,71,72,73,74);;. The van der Waals surface area contributed by atoms with Crippen LogP contribution in [-0.4, -0.2) is 204 Å². The minimum atomic E-state index is -5.35. The molecule has 49 nitrogen and oxygen atoms in total. The van der Waals surface area contributed by atoms with Gasteiger partial charge in [0, 0.05) is 50.8 Å². The number of imidazole rings is 1. The Morgan fingerprint density at radius 2 is 1.04 bits per heavy atom. The first-order valence-corrected chi connectivity index (χ1v) is 51.2. The van der Waals surface area contributed by atoms with Crippen molar-refractivity contribution in [3.05, 3.63) is 135 Å². The average Bonchev–Trinajstić information content (AvgIpc) is 1.60. The van der Waals surface area contributed by atoms with Gasteiger partial charge in [0.1, 0.15) is 55.7 Å². The van der Waals surface area contributed by atoms with Crippen molar-refractivity contribution in [2.45, 2.75) is 88.9 Å². The summed E-state index contributed by atoms with van der Waals surface area (Å²) in [5, 5.41) is 75.0. The number of hydrogen-bond donors (Lipinski definition) is 10. The second kappa shape index (κ2) is 43.7. The van der Waals surface area contributed by atoms with E-state index in [1.165, 1.54) is 73.0 Å². The van der Waals surface area contributed by atoms with Crippen molar-refractivity contribution in [1.29, 1.82) is 5.26 Å². The quantitative estimate of drug-likeness (QED) is 0.00427. The van der Waals surface area contributed by atoms with Gasteiger partial charge in [-0.2, -0.15) is 89.4 Å². The number of benzene rings is 7. The summed E-state index contributed by atoms with van der Waals surface area (Å²) in [6.45, 7) is 4.48. The molecule has 0 unspecified atom stereocenters. The molecule has 3 heterocycles. The molecular formula is C67H67N17O32S12. The fourth-order valence-corrected chi connectivity index (χ4v) is 18.5. The predicted molar refractivity (Wildman–Crippen MR) is 459 cm³/mol. The maximum atomic E-state index is 13.1. The van der Waals surface area contributed by atoms with Gasteiger partial charge < -0.3 is 25.2 Å². The van der Waals surface area contributed by atoms with Crippen LogP contribution in [0.25, 0.3) is 27.5 Å². The number of aromatic nitrogens is 5. The number of nitriles is 1. The number of aromatic hydroxyl groups is 1. The van der Waals surface area contributed by atoms with E-state index in [4.69, 9.17) is 34.7 Å². The van der Waals surface area contributed by atoms with Crippen LogP contribution in [-0.2, 0) is 98.5 Å². The summed E-state index contributed by atoms with van der Waals surface area (Å²) in [5.41, 5.74) is -0.599. The summed E-state index contributed by atoms with van der Waals surface area (Å²) in [7, 11) is -38.5. The van der Waals surface area contributed by atoms with Gasteiger partial charge >= 0.3 is 21.2 Å². The molecule has 10 N–H and O–H groups in total. The monoisotopic (exact) mass is 2010 g/mol. The number of azo groups is 4. The number of fused-ring (bicyclic) bond motifs is 4. The number of methoxy groups -OCH3 is 1. The Kier molecular flexibility index (Phi) is 34.8. The molecule has 0 saturated heterocycles. The first-order valence-electron chi connectivity index (χ1n) is 35.4. The maximum Gasteiger partial charge on any atom is 0.425 e. The summed E-state index contributed by atoms with van der Waals surface area (Å²) in [6.07, 6.45) is -0.234. The zero-order valence-corrected chi connectivity index (χ0v) is 75.5. The number of hydrogen-bond acceptors (Lipinski definition) is 43. The van der Waals surface area contributed by atoms with Crippen LogP contribution in [0.4, 0.5) is 74.5 Å². The van der Waals surface area contributed by atoms with Crippen molar-refractivity contribution >= 4 is 229 Å². The lowest BCUT2D eigenvalue weighted by Gasteiger charge is -2.15. The van der Waals surface area contributed by atoms with E-state index in [1.54, 1.807) is 25.1 Å². The molecule has 10 rings (SSSR count). The molecule has 0 spiro atoms. The van der Waals surface area contributed by atoms with E-state index in [-0.39, 0.29) is 160 Å². The molecule has 0 saturated carbocycles. The summed E-state index contributed by atoms with van der Waals surface area (Å²) >= 11 is 2.67. The van der Waals surface area contributed by atoms with E-state index in [9.17, 15) is 111 Å². The number of aryl methyl sites for hydroxylation is 2. The van der Waals surface area contributed by atoms with E-state index in [0.717, 1.165) is 53.5 Å². The highest BCUT2D eigenvalue weighted by Gasteiger charge is 2.28. The van der Waals surface area contributed by atoms with Crippen LogP contribution in [0, 0.1) is 35.3 Å². The Morgan fingerprint density at radius 1 is 0.539 bits per heavy atom. The van der Waals surface area contributed by atoms with Crippen molar-refractivity contribution in [2.24, 2.45) is 40.9 Å². The van der Waals surface area contributed by atoms with E-state index in [0.29, 0.717) is 35.3 Å². The summed E-state index contributed by atoms with van der Waals surface area (Å²) in [4.78, 5) is 26.1. The molecule has 0 atom stereocenters. The number of pyridine rings is 1. The van der Waals surface area contributed by atoms with Crippen LogP contribution in [0.15, 0.2) is 174 Å². The third-order valence-electron chi connectivity index (χ3n) is 16.6. The molecule has 7 aromatic carbocycles. The van der Waals surface area contributed by atoms with Crippen LogP contribution < -0.4 is 20.1 Å². The molecule has 61 heteroatoms. The third-order valence-corrected chi connectivity index (χ3v) is 25.6. The molecule has 0 radical (unpaired) electrons. The highest BCUT2D eigenvalue weighted by Crippen LogP contribution is 2.47. The van der Waals surface area contributed by atoms with Crippen molar-refractivity contribution < 1.29 is 136 Å². The Morgan fingerprint density at radius 3 is 1.57 bits per heavy atom. The highest BCUT2D eigenvalue weighted by atomic mass is 32.2. The molecule has 684 valence electrons. The minimum absolute atomic E-state index is 0.00224. The van der Waals surface area contributed by atoms with Gasteiger partial charge in [0.15, 0.2) is 16.5 Å². The van der Waals surface area contributed by atoms with Crippen molar-refractivity contribution in [3.8, 4) is 23.4 Å². The normalized spacial score (nSPS) is 12.4. The summed E-state index contributed by atoms with van der Waals surface area (Å²) < 4.78 is 304. The highest BCUT2D eigenvalue weighted by molar-refractivity contribution is 8.00. The van der Waals surface area contributed by atoms with Crippen LogP contribution in [0.5, 0.6) is 17.4 Å². The first kappa shape index (κ1) is 102. The molecule has 0 bridgehead atoms. The maximum absolute atomic E-state index is 13.1. The fraction of sp³-hybridized carbons (Fsp3) is 0.269. The number of thioether (sulfide) groups is 3. The Bertz CT molecular complexity index is 7280. The van der Waals surface area contributed by atoms with E-state index in [1.807, 2.05) is 6.92 Å². The number of nitrogens with one attached hydrogen (secondary N) is 2. The number of ether oxygens (including phenoxy) is 2. The Labute approximate surface area is 742 Å². The van der Waals surface area contributed by atoms with Gasteiger partial charge in [-0.25, -0.2) is 4.98 Å². The molecule has 0 amide bonds. The third kappa shape index (κ3) is 30.2. The smallest absolute Gasteiger partial charge is 0.425 e. The molecular weight excluding hydrogens is 1940 g/mol. The molecule has 0 aliphatic heterocycles. The van der Waals surface area contributed by atoms with Crippen LogP contribution in [0.3, 0.4) is 0 Å². The van der Waals surface area contributed by atoms with Gasteiger partial charge in [-0.1, -0.05) is 37.2 Å². The number of nitro benzene ring substituents is 1. The zero-order chi connectivity index (χ0) is 94.8. The number of non-ortho nitro benzene ring substituents is 1. The van der Waals surface area contributed by atoms with E-state index >= 15 is 0 Å². The number of nitrogens with zero attached hydrogens (tertiary/aromatic N) is 15. The molecule has 128 heavy (non-hydrogen) atoms.